The average molecular weight is 438 g/mol. The van der Waals surface area contributed by atoms with E-state index in [4.69, 9.17) is 16.6 Å². The maximum atomic E-state index is 13.4. The molecule has 0 spiro atoms. The molecule has 2 heterocycles. The fraction of sp³-hybridized carbons (Fsp3) is 0.385. The van der Waals surface area contributed by atoms with E-state index in [2.05, 4.69) is 23.3 Å². The van der Waals surface area contributed by atoms with Gasteiger partial charge in [0.25, 0.3) is 0 Å². The van der Waals surface area contributed by atoms with Gasteiger partial charge in [-0.3, -0.25) is 4.98 Å². The molecule has 162 valence electrons. The predicted molar refractivity (Wildman–Crippen MR) is 126 cm³/mol. The molecule has 1 aliphatic carbocycles. The fourth-order valence-corrected chi connectivity index (χ4v) is 4.84. The number of nitrogens with one attached hydrogen (secondary N) is 1. The smallest absolute Gasteiger partial charge is 0.126 e. The third-order valence-corrected chi connectivity index (χ3v) is 6.45. The van der Waals surface area contributed by atoms with Gasteiger partial charge in [-0.1, -0.05) is 56.0 Å². The summed E-state index contributed by atoms with van der Waals surface area (Å²) in [5, 5.41) is 3.88. The van der Waals surface area contributed by atoms with Gasteiger partial charge in [-0.15, -0.1) is 0 Å². The standard InChI is InChI=1S/C26H29ClFN3/c1-2-5-18-10-11-19(12-18)14-22-15-23(24(27)17-29-22)25-8-4-9-26(31-25)30-16-20-6-3-7-21(28)13-20/h3-4,6-9,13,15,17-19H,2,5,10-12,14,16H2,1H3,(H,30,31)/t18-,19+/m0/s1. The maximum absolute atomic E-state index is 13.4. The summed E-state index contributed by atoms with van der Waals surface area (Å²) in [5.74, 6) is 2.09. The van der Waals surface area contributed by atoms with Gasteiger partial charge in [-0.25, -0.2) is 9.37 Å². The van der Waals surface area contributed by atoms with Gasteiger partial charge >= 0.3 is 0 Å². The second-order valence-corrected chi connectivity index (χ2v) is 8.99. The van der Waals surface area contributed by atoms with Crippen molar-refractivity contribution >= 4 is 17.4 Å². The lowest BCUT2D eigenvalue weighted by molar-refractivity contribution is 0.457. The summed E-state index contributed by atoms with van der Waals surface area (Å²) in [6.45, 7) is 2.78. The second-order valence-electron chi connectivity index (χ2n) is 8.58. The SMILES string of the molecule is CCC[C@H]1CC[C@@H](Cc2cc(-c3cccc(NCc4cccc(F)c4)n3)c(Cl)cn2)C1. The van der Waals surface area contributed by atoms with Gasteiger partial charge in [0.1, 0.15) is 11.6 Å². The highest BCUT2D eigenvalue weighted by atomic mass is 35.5. The Kier molecular flexibility index (Phi) is 7.18. The van der Waals surface area contributed by atoms with Crippen LogP contribution in [0, 0.1) is 17.7 Å². The van der Waals surface area contributed by atoms with Crippen molar-refractivity contribution in [3.63, 3.8) is 0 Å². The highest BCUT2D eigenvalue weighted by Gasteiger charge is 2.24. The first kappa shape index (κ1) is 21.8. The highest BCUT2D eigenvalue weighted by Crippen LogP contribution is 2.36. The molecule has 0 amide bonds. The second kappa shape index (κ2) is 10.2. The number of pyridine rings is 2. The number of hydrogen-bond donors (Lipinski definition) is 1. The first-order valence-electron chi connectivity index (χ1n) is 11.2. The Morgan fingerprint density at radius 1 is 1.10 bits per heavy atom. The lowest BCUT2D eigenvalue weighted by atomic mass is 9.96. The molecule has 0 radical (unpaired) electrons. The van der Waals surface area contributed by atoms with E-state index in [1.165, 1.54) is 44.2 Å². The average Bonchev–Trinajstić information content (AvgIpc) is 3.21. The van der Waals surface area contributed by atoms with Crippen LogP contribution in [-0.4, -0.2) is 9.97 Å². The van der Waals surface area contributed by atoms with Crippen LogP contribution in [0.25, 0.3) is 11.3 Å². The van der Waals surface area contributed by atoms with E-state index in [0.29, 0.717) is 17.5 Å². The summed E-state index contributed by atoms with van der Waals surface area (Å²) in [7, 11) is 0. The van der Waals surface area contributed by atoms with Crippen LogP contribution in [0.15, 0.2) is 54.7 Å². The van der Waals surface area contributed by atoms with E-state index < -0.39 is 0 Å². The molecule has 1 N–H and O–H groups in total. The molecule has 0 bridgehead atoms. The van der Waals surface area contributed by atoms with Crippen LogP contribution in [0.2, 0.25) is 5.02 Å². The zero-order valence-electron chi connectivity index (χ0n) is 18.0. The van der Waals surface area contributed by atoms with Crippen molar-refractivity contribution in [3.8, 4) is 11.3 Å². The molecule has 4 rings (SSSR count). The third-order valence-electron chi connectivity index (χ3n) is 6.14. The maximum Gasteiger partial charge on any atom is 0.126 e. The number of anilines is 1. The zero-order chi connectivity index (χ0) is 21.6. The van der Waals surface area contributed by atoms with E-state index in [9.17, 15) is 4.39 Å². The first-order chi connectivity index (χ1) is 15.1. The van der Waals surface area contributed by atoms with Crippen LogP contribution in [0.5, 0.6) is 0 Å². The number of aromatic nitrogens is 2. The Morgan fingerprint density at radius 2 is 1.94 bits per heavy atom. The minimum absolute atomic E-state index is 0.236. The topological polar surface area (TPSA) is 37.8 Å². The van der Waals surface area contributed by atoms with Crippen LogP contribution < -0.4 is 5.32 Å². The quantitative estimate of drug-likeness (QED) is 0.401. The Balaban J connectivity index is 1.46. The lowest BCUT2D eigenvalue weighted by Gasteiger charge is -2.13. The normalized spacial score (nSPS) is 18.3. The van der Waals surface area contributed by atoms with Crippen molar-refractivity contribution in [3.05, 3.63) is 76.8 Å². The molecule has 1 aromatic carbocycles. The van der Waals surface area contributed by atoms with Crippen LogP contribution in [0.4, 0.5) is 10.2 Å². The van der Waals surface area contributed by atoms with Crippen molar-refractivity contribution in [1.82, 2.24) is 9.97 Å². The minimum Gasteiger partial charge on any atom is -0.366 e. The molecule has 3 aromatic rings. The molecular weight excluding hydrogens is 409 g/mol. The van der Waals surface area contributed by atoms with Crippen molar-refractivity contribution in [2.75, 3.05) is 5.32 Å². The molecule has 3 nitrogen and oxygen atoms in total. The molecule has 2 aromatic heterocycles. The summed E-state index contributed by atoms with van der Waals surface area (Å²) in [5.41, 5.74) is 3.67. The Morgan fingerprint density at radius 3 is 2.77 bits per heavy atom. The van der Waals surface area contributed by atoms with Gasteiger partial charge in [-0.05, 0) is 67.0 Å². The van der Waals surface area contributed by atoms with Crippen molar-refractivity contribution in [2.24, 2.45) is 11.8 Å². The molecular formula is C26H29ClFN3. The number of hydrogen-bond acceptors (Lipinski definition) is 3. The minimum atomic E-state index is -0.236. The predicted octanol–water partition coefficient (Wildman–Crippen LogP) is 7.31. The molecule has 1 saturated carbocycles. The third kappa shape index (κ3) is 5.82. The van der Waals surface area contributed by atoms with Crippen molar-refractivity contribution in [2.45, 2.75) is 52.0 Å². The molecule has 0 saturated heterocycles. The van der Waals surface area contributed by atoms with Crippen LogP contribution >= 0.6 is 11.6 Å². The van der Waals surface area contributed by atoms with E-state index in [0.717, 1.165) is 40.7 Å². The van der Waals surface area contributed by atoms with E-state index in [1.54, 1.807) is 12.3 Å². The van der Waals surface area contributed by atoms with E-state index in [1.807, 2.05) is 24.3 Å². The lowest BCUT2D eigenvalue weighted by Crippen LogP contribution is -2.04. The summed E-state index contributed by atoms with van der Waals surface area (Å²) >= 11 is 6.49. The first-order valence-corrected chi connectivity index (χ1v) is 11.6. The Hall–Kier alpha value is -2.46. The van der Waals surface area contributed by atoms with Gasteiger partial charge in [-0.2, -0.15) is 0 Å². The zero-order valence-corrected chi connectivity index (χ0v) is 18.7. The largest absolute Gasteiger partial charge is 0.366 e. The van der Waals surface area contributed by atoms with Gasteiger partial charge in [0.2, 0.25) is 0 Å². The molecule has 31 heavy (non-hydrogen) atoms. The number of halogens is 2. The number of nitrogens with zero attached hydrogens (tertiary/aromatic N) is 2. The fourth-order valence-electron chi connectivity index (χ4n) is 4.64. The summed E-state index contributed by atoms with van der Waals surface area (Å²) in [4.78, 5) is 9.33. The molecule has 0 aliphatic heterocycles. The van der Waals surface area contributed by atoms with E-state index >= 15 is 0 Å². The molecule has 1 aliphatic rings. The molecule has 1 fully saturated rings. The van der Waals surface area contributed by atoms with Gasteiger partial charge in [0.05, 0.1) is 10.7 Å². The van der Waals surface area contributed by atoms with Crippen LogP contribution in [-0.2, 0) is 13.0 Å². The van der Waals surface area contributed by atoms with Gasteiger partial charge < -0.3 is 5.32 Å². The van der Waals surface area contributed by atoms with Crippen molar-refractivity contribution < 1.29 is 4.39 Å². The summed E-state index contributed by atoms with van der Waals surface area (Å²) in [6.07, 6.45) is 9.32. The summed E-state index contributed by atoms with van der Waals surface area (Å²) < 4.78 is 13.4. The van der Waals surface area contributed by atoms with Gasteiger partial charge in [0.15, 0.2) is 0 Å². The highest BCUT2D eigenvalue weighted by molar-refractivity contribution is 6.33. The summed E-state index contributed by atoms with van der Waals surface area (Å²) in [6, 6.07) is 14.5. The number of rotatable bonds is 8. The Bertz CT molecular complexity index is 1020. The van der Waals surface area contributed by atoms with Gasteiger partial charge in [0, 0.05) is 24.0 Å². The van der Waals surface area contributed by atoms with Crippen molar-refractivity contribution in [1.29, 1.82) is 0 Å². The molecule has 2 atom stereocenters. The monoisotopic (exact) mass is 437 g/mol. The number of benzene rings is 1. The Labute approximate surface area is 189 Å². The van der Waals surface area contributed by atoms with Crippen LogP contribution in [0.1, 0.15) is 50.3 Å². The molecule has 5 heteroatoms. The van der Waals surface area contributed by atoms with E-state index in [-0.39, 0.29) is 5.82 Å². The molecule has 0 unspecified atom stereocenters. The van der Waals surface area contributed by atoms with Crippen LogP contribution in [0.3, 0.4) is 0 Å².